The van der Waals surface area contributed by atoms with Gasteiger partial charge in [-0.1, -0.05) is 0 Å². The summed E-state index contributed by atoms with van der Waals surface area (Å²) in [5.74, 6) is 0.486. The number of nitrogens with one attached hydrogen (secondary N) is 3. The Kier molecular flexibility index (Phi) is 9.93. The van der Waals surface area contributed by atoms with Crippen molar-refractivity contribution < 1.29 is 30.0 Å². The van der Waals surface area contributed by atoms with Gasteiger partial charge in [0.25, 0.3) is 0 Å². The molecule has 0 unspecified atom stereocenters. The van der Waals surface area contributed by atoms with Crippen molar-refractivity contribution in [3.8, 4) is 11.5 Å². The molecule has 0 bridgehead atoms. The number of carbonyl (C=O) groups excluding carboxylic acids is 2. The van der Waals surface area contributed by atoms with Gasteiger partial charge in [-0.05, 0) is 49.2 Å². The molecule has 0 aliphatic heterocycles. The third-order valence-electron chi connectivity index (χ3n) is 5.25. The summed E-state index contributed by atoms with van der Waals surface area (Å²) in [4.78, 5) is 36.9. The highest BCUT2D eigenvalue weighted by Gasteiger charge is 2.16. The van der Waals surface area contributed by atoms with Gasteiger partial charge in [0.2, 0.25) is 24.7 Å². The van der Waals surface area contributed by atoms with E-state index < -0.39 is 0 Å². The second-order valence-corrected chi connectivity index (χ2v) is 7.92. The molecule has 2 aromatic carbocycles. The van der Waals surface area contributed by atoms with E-state index in [1.54, 1.807) is 17.0 Å². The fraction of sp³-hybridized carbons (Fsp3) is 0.292. The first-order valence-electron chi connectivity index (χ1n) is 11.5. The SMILES string of the molecule is O=CNc1ccc(O)c(Cc2nc(Nc3cc(NC=O)ccc3O)nc(N(CCCO)CCCO)n2)c1. The topological polar surface area (TPSA) is 193 Å². The summed E-state index contributed by atoms with van der Waals surface area (Å²) in [6, 6.07) is 9.01. The van der Waals surface area contributed by atoms with Crippen molar-refractivity contribution in [1.82, 2.24) is 15.0 Å². The molecule has 0 saturated carbocycles. The quantitative estimate of drug-likeness (QED) is 0.0884. The Morgan fingerprint density at radius 3 is 2.05 bits per heavy atom. The summed E-state index contributed by atoms with van der Waals surface area (Å²) in [7, 11) is 0. The molecule has 1 heterocycles. The van der Waals surface area contributed by atoms with Crippen LogP contribution in [-0.2, 0) is 16.0 Å². The number of benzene rings is 2. The molecule has 0 aliphatic carbocycles. The monoisotopic (exact) mass is 511 g/mol. The number of hydrogen-bond donors (Lipinski definition) is 7. The van der Waals surface area contributed by atoms with Crippen LogP contribution in [0.3, 0.4) is 0 Å². The summed E-state index contributed by atoms with van der Waals surface area (Å²) in [6.07, 6.45) is 2.00. The predicted molar refractivity (Wildman–Crippen MR) is 137 cm³/mol. The molecule has 3 rings (SSSR count). The largest absolute Gasteiger partial charge is 0.508 e. The maximum absolute atomic E-state index is 10.8. The Bertz CT molecular complexity index is 1120. The van der Waals surface area contributed by atoms with Gasteiger partial charge in [-0.2, -0.15) is 15.0 Å². The molecular formula is C24H29N7O6. The number of aromatic hydroxyl groups is 2. The number of aliphatic hydroxyl groups excluding tert-OH is 2. The molecule has 3 aromatic rings. The van der Waals surface area contributed by atoms with E-state index in [9.17, 15) is 30.0 Å². The van der Waals surface area contributed by atoms with Crippen LogP contribution >= 0.6 is 0 Å². The lowest BCUT2D eigenvalue weighted by Crippen LogP contribution is -2.29. The van der Waals surface area contributed by atoms with Crippen LogP contribution in [0.5, 0.6) is 11.5 Å². The third-order valence-corrected chi connectivity index (χ3v) is 5.25. The number of hydrogen-bond acceptors (Lipinski definition) is 11. The second-order valence-electron chi connectivity index (χ2n) is 7.92. The molecule has 2 amide bonds. The molecule has 0 fully saturated rings. The number of aliphatic hydroxyl groups is 2. The van der Waals surface area contributed by atoms with Crippen LogP contribution in [0.1, 0.15) is 24.2 Å². The van der Waals surface area contributed by atoms with Crippen LogP contribution in [0.4, 0.5) is 29.0 Å². The molecule has 0 aliphatic rings. The van der Waals surface area contributed by atoms with Gasteiger partial charge in [0.05, 0.1) is 5.69 Å². The van der Waals surface area contributed by atoms with E-state index in [0.29, 0.717) is 55.7 Å². The first kappa shape index (κ1) is 27.1. The number of phenolic OH excluding ortho intramolecular Hbond substituents is 2. The van der Waals surface area contributed by atoms with E-state index in [-0.39, 0.29) is 54.5 Å². The standard InChI is InChI=1S/C24H29N7O6/c32-9-1-7-31(8-2-10-33)24-29-22(12-16-11-17(25-14-34)3-5-20(16)36)28-23(30-24)27-19-13-18(26-15-35)4-6-21(19)37/h3-6,11,13-15,32-33,36-37H,1-2,7-10,12H2,(H,25,34)(H,26,35)(H,27,28,29,30). The van der Waals surface area contributed by atoms with Crippen molar-refractivity contribution in [3.05, 3.63) is 47.8 Å². The van der Waals surface area contributed by atoms with Crippen molar-refractivity contribution in [2.45, 2.75) is 19.3 Å². The molecular weight excluding hydrogens is 482 g/mol. The average molecular weight is 512 g/mol. The minimum atomic E-state index is -0.109. The lowest BCUT2D eigenvalue weighted by atomic mass is 10.1. The number of aromatic nitrogens is 3. The summed E-state index contributed by atoms with van der Waals surface area (Å²) in [5.41, 5.74) is 1.59. The van der Waals surface area contributed by atoms with Gasteiger partial charge in [-0.25, -0.2) is 0 Å². The van der Waals surface area contributed by atoms with Crippen LogP contribution in [0.15, 0.2) is 36.4 Å². The zero-order valence-electron chi connectivity index (χ0n) is 20.0. The van der Waals surface area contributed by atoms with Crippen molar-refractivity contribution in [1.29, 1.82) is 0 Å². The van der Waals surface area contributed by atoms with E-state index in [1.165, 1.54) is 24.3 Å². The minimum absolute atomic E-state index is 0.0179. The molecule has 0 atom stereocenters. The summed E-state index contributed by atoms with van der Waals surface area (Å²) >= 11 is 0. The first-order valence-corrected chi connectivity index (χ1v) is 11.5. The van der Waals surface area contributed by atoms with Gasteiger partial charge in [0, 0.05) is 49.7 Å². The van der Waals surface area contributed by atoms with Crippen LogP contribution in [0, 0.1) is 0 Å². The highest BCUT2D eigenvalue weighted by Crippen LogP contribution is 2.30. The molecule has 196 valence electrons. The summed E-state index contributed by atoms with van der Waals surface area (Å²) in [6.45, 7) is 0.724. The van der Waals surface area contributed by atoms with Gasteiger partial charge in [0.1, 0.15) is 17.3 Å². The van der Waals surface area contributed by atoms with Gasteiger partial charge >= 0.3 is 0 Å². The van der Waals surface area contributed by atoms with Crippen LogP contribution < -0.4 is 20.9 Å². The van der Waals surface area contributed by atoms with Crippen molar-refractivity contribution >= 4 is 41.8 Å². The second kappa shape index (κ2) is 13.6. The number of carbonyl (C=O) groups is 2. The van der Waals surface area contributed by atoms with Crippen molar-refractivity contribution in [3.63, 3.8) is 0 Å². The molecule has 13 nitrogen and oxygen atoms in total. The van der Waals surface area contributed by atoms with Crippen LogP contribution in [-0.4, -0.2) is 74.5 Å². The molecule has 13 heteroatoms. The lowest BCUT2D eigenvalue weighted by molar-refractivity contribution is -0.106. The van der Waals surface area contributed by atoms with E-state index in [1.807, 2.05) is 0 Å². The van der Waals surface area contributed by atoms with Gasteiger partial charge in [0.15, 0.2) is 0 Å². The Morgan fingerprint density at radius 2 is 1.43 bits per heavy atom. The smallest absolute Gasteiger partial charge is 0.232 e. The number of anilines is 5. The molecule has 0 spiro atoms. The lowest BCUT2D eigenvalue weighted by Gasteiger charge is -2.23. The minimum Gasteiger partial charge on any atom is -0.508 e. The normalized spacial score (nSPS) is 10.5. The Morgan fingerprint density at radius 1 is 0.811 bits per heavy atom. The fourth-order valence-electron chi connectivity index (χ4n) is 3.49. The van der Waals surface area contributed by atoms with Crippen molar-refractivity contribution in [2.75, 3.05) is 47.2 Å². The molecule has 0 radical (unpaired) electrons. The van der Waals surface area contributed by atoms with Gasteiger partial charge < -0.3 is 41.3 Å². The molecule has 0 saturated heterocycles. The van der Waals surface area contributed by atoms with Crippen LogP contribution in [0.25, 0.3) is 0 Å². The molecule has 37 heavy (non-hydrogen) atoms. The summed E-state index contributed by atoms with van der Waals surface area (Å²) in [5, 5.41) is 47.3. The van der Waals surface area contributed by atoms with Crippen molar-refractivity contribution in [2.24, 2.45) is 0 Å². The number of phenols is 2. The zero-order chi connectivity index (χ0) is 26.6. The van der Waals surface area contributed by atoms with E-state index >= 15 is 0 Å². The van der Waals surface area contributed by atoms with E-state index in [2.05, 4.69) is 30.9 Å². The summed E-state index contributed by atoms with van der Waals surface area (Å²) < 4.78 is 0. The van der Waals surface area contributed by atoms with E-state index in [4.69, 9.17) is 0 Å². The number of nitrogens with zero attached hydrogens (tertiary/aromatic N) is 4. The fourth-order valence-corrected chi connectivity index (χ4v) is 3.49. The Labute approximate surface area is 212 Å². The molecule has 7 N–H and O–H groups in total. The van der Waals surface area contributed by atoms with E-state index in [0.717, 1.165) is 0 Å². The Balaban J connectivity index is 2.03. The van der Waals surface area contributed by atoms with Gasteiger partial charge in [-0.15, -0.1) is 0 Å². The third kappa shape index (κ3) is 7.75. The zero-order valence-corrected chi connectivity index (χ0v) is 20.0. The number of amides is 2. The number of rotatable bonds is 15. The average Bonchev–Trinajstić information content (AvgIpc) is 2.88. The highest BCUT2D eigenvalue weighted by molar-refractivity contribution is 5.76. The highest BCUT2D eigenvalue weighted by atomic mass is 16.3. The maximum Gasteiger partial charge on any atom is 0.232 e. The first-order chi connectivity index (χ1) is 18.0. The Hall–Kier alpha value is -4.49. The van der Waals surface area contributed by atoms with Gasteiger partial charge in [-0.3, -0.25) is 9.59 Å². The molecule has 1 aromatic heterocycles. The predicted octanol–water partition coefficient (Wildman–Crippen LogP) is 1.32. The van der Waals surface area contributed by atoms with Crippen LogP contribution in [0.2, 0.25) is 0 Å². The maximum atomic E-state index is 10.8.